The quantitative estimate of drug-likeness (QED) is 0.891. The van der Waals surface area contributed by atoms with Gasteiger partial charge in [-0.2, -0.15) is 0 Å². The fourth-order valence-corrected chi connectivity index (χ4v) is 3.10. The minimum atomic E-state index is -0.535. The number of methoxy groups -OCH3 is 1. The summed E-state index contributed by atoms with van der Waals surface area (Å²) < 4.78 is 5.31. The lowest BCUT2D eigenvalue weighted by Crippen LogP contribution is -2.34. The summed E-state index contributed by atoms with van der Waals surface area (Å²) in [4.78, 5) is 0. The van der Waals surface area contributed by atoms with E-state index < -0.39 is 12.1 Å². The van der Waals surface area contributed by atoms with Gasteiger partial charge in [0.25, 0.3) is 0 Å². The molecule has 0 saturated heterocycles. The van der Waals surface area contributed by atoms with Crippen LogP contribution in [0.4, 0.5) is 0 Å². The van der Waals surface area contributed by atoms with E-state index >= 15 is 0 Å². The normalized spacial score (nSPS) is 20.0. The van der Waals surface area contributed by atoms with Gasteiger partial charge < -0.3 is 15.6 Å². The fraction of sp³-hybridized carbons (Fsp3) is 0.600. The zero-order valence-corrected chi connectivity index (χ0v) is 12.1. The highest BCUT2D eigenvalue weighted by Crippen LogP contribution is 2.35. The molecule has 0 spiro atoms. The number of hydrogen-bond donors (Lipinski definition) is 2. The smallest absolute Gasteiger partial charge is 0.123 e. The van der Waals surface area contributed by atoms with Crippen LogP contribution in [0.15, 0.2) is 18.2 Å². The van der Waals surface area contributed by atoms with Crippen molar-refractivity contribution >= 4 is 11.6 Å². The predicted octanol–water partition coefficient (Wildman–Crippen LogP) is 3.29. The van der Waals surface area contributed by atoms with Crippen molar-refractivity contribution in [3.63, 3.8) is 0 Å². The third-order valence-corrected chi connectivity index (χ3v) is 4.29. The molecular weight excluding hydrogens is 262 g/mol. The molecule has 2 rings (SSSR count). The Morgan fingerprint density at radius 3 is 2.63 bits per heavy atom. The molecular formula is C15H22ClNO2. The lowest BCUT2D eigenvalue weighted by Gasteiger charge is -2.31. The number of rotatable bonds is 4. The molecule has 1 fully saturated rings. The van der Waals surface area contributed by atoms with Crippen LogP contribution in [0.5, 0.6) is 5.75 Å². The van der Waals surface area contributed by atoms with Crippen molar-refractivity contribution in [2.75, 3.05) is 7.11 Å². The Balaban J connectivity index is 2.17. The molecule has 1 aliphatic carbocycles. The van der Waals surface area contributed by atoms with Crippen LogP contribution in [0.1, 0.15) is 43.7 Å². The second-order valence-electron chi connectivity index (χ2n) is 5.30. The molecule has 106 valence electrons. The van der Waals surface area contributed by atoms with Crippen molar-refractivity contribution in [2.24, 2.45) is 11.7 Å². The monoisotopic (exact) mass is 283 g/mol. The first-order valence-electron chi connectivity index (χ1n) is 6.90. The largest absolute Gasteiger partial charge is 0.496 e. The van der Waals surface area contributed by atoms with E-state index in [0.29, 0.717) is 10.8 Å². The topological polar surface area (TPSA) is 55.5 Å². The molecule has 1 aromatic carbocycles. The molecule has 2 atom stereocenters. The molecule has 1 aromatic rings. The second kappa shape index (κ2) is 6.60. The summed E-state index contributed by atoms with van der Waals surface area (Å²) in [6.45, 7) is 0. The molecule has 0 amide bonds. The van der Waals surface area contributed by atoms with Gasteiger partial charge in [-0.25, -0.2) is 0 Å². The third kappa shape index (κ3) is 3.41. The van der Waals surface area contributed by atoms with E-state index in [1.807, 2.05) is 0 Å². The van der Waals surface area contributed by atoms with Crippen molar-refractivity contribution in [1.82, 2.24) is 0 Å². The van der Waals surface area contributed by atoms with Crippen LogP contribution in [0.3, 0.4) is 0 Å². The number of benzene rings is 1. The van der Waals surface area contributed by atoms with Gasteiger partial charge in [-0.3, -0.25) is 0 Å². The van der Waals surface area contributed by atoms with E-state index in [1.54, 1.807) is 25.3 Å². The summed E-state index contributed by atoms with van der Waals surface area (Å²) >= 11 is 6.02. The van der Waals surface area contributed by atoms with Crippen LogP contribution >= 0.6 is 11.6 Å². The molecule has 3 nitrogen and oxygen atoms in total. The lowest BCUT2D eigenvalue weighted by atomic mass is 9.81. The van der Waals surface area contributed by atoms with Gasteiger partial charge in [0.2, 0.25) is 0 Å². The van der Waals surface area contributed by atoms with Gasteiger partial charge in [0.05, 0.1) is 19.3 Å². The molecule has 1 saturated carbocycles. The van der Waals surface area contributed by atoms with E-state index in [-0.39, 0.29) is 5.92 Å². The molecule has 0 unspecified atom stereocenters. The third-order valence-electron chi connectivity index (χ3n) is 4.05. The predicted molar refractivity (Wildman–Crippen MR) is 77.5 cm³/mol. The lowest BCUT2D eigenvalue weighted by molar-refractivity contribution is 0.0611. The standard InChI is InChI=1S/C15H22ClNO2/c1-19-13-8-7-11(16)9-12(13)14(17)15(18)10-5-3-2-4-6-10/h7-10,14-15,18H,2-6,17H2,1H3/t14-,15+/m1/s1. The molecule has 4 heteroatoms. The minimum Gasteiger partial charge on any atom is -0.496 e. The van der Waals surface area contributed by atoms with Gasteiger partial charge in [0.15, 0.2) is 0 Å². The molecule has 0 radical (unpaired) electrons. The first kappa shape index (κ1) is 14.6. The Hall–Kier alpha value is -0.770. The second-order valence-corrected chi connectivity index (χ2v) is 5.74. The highest BCUT2D eigenvalue weighted by molar-refractivity contribution is 6.30. The SMILES string of the molecule is COc1ccc(Cl)cc1[C@@H](N)[C@@H](O)C1CCCCC1. The van der Waals surface area contributed by atoms with E-state index in [9.17, 15) is 5.11 Å². The molecule has 0 aromatic heterocycles. The zero-order valence-electron chi connectivity index (χ0n) is 11.3. The van der Waals surface area contributed by atoms with Crippen molar-refractivity contribution in [3.05, 3.63) is 28.8 Å². The highest BCUT2D eigenvalue weighted by Gasteiger charge is 2.29. The van der Waals surface area contributed by atoms with Crippen molar-refractivity contribution in [2.45, 2.75) is 44.2 Å². The summed E-state index contributed by atoms with van der Waals surface area (Å²) in [5.41, 5.74) is 7.01. The number of aliphatic hydroxyl groups excluding tert-OH is 1. The molecule has 0 aliphatic heterocycles. The number of nitrogens with two attached hydrogens (primary N) is 1. The van der Waals surface area contributed by atoms with Crippen LogP contribution in [0.25, 0.3) is 0 Å². The molecule has 1 aliphatic rings. The van der Waals surface area contributed by atoms with Gasteiger partial charge in [0.1, 0.15) is 5.75 Å². The van der Waals surface area contributed by atoms with E-state index in [1.165, 1.54) is 19.3 Å². The number of aliphatic hydroxyl groups is 1. The molecule has 0 heterocycles. The Morgan fingerprint density at radius 2 is 2.00 bits per heavy atom. The van der Waals surface area contributed by atoms with E-state index in [0.717, 1.165) is 18.4 Å². The first-order valence-corrected chi connectivity index (χ1v) is 7.28. The maximum atomic E-state index is 10.5. The summed E-state index contributed by atoms with van der Waals surface area (Å²) in [5, 5.41) is 11.1. The fourth-order valence-electron chi connectivity index (χ4n) is 2.92. The van der Waals surface area contributed by atoms with Crippen LogP contribution in [-0.4, -0.2) is 18.3 Å². The van der Waals surface area contributed by atoms with Crippen LogP contribution in [-0.2, 0) is 0 Å². The van der Waals surface area contributed by atoms with Crippen LogP contribution in [0, 0.1) is 5.92 Å². The van der Waals surface area contributed by atoms with Crippen molar-refractivity contribution in [1.29, 1.82) is 0 Å². The van der Waals surface area contributed by atoms with Gasteiger partial charge in [0, 0.05) is 10.6 Å². The Kier molecular flexibility index (Phi) is 5.08. The molecule has 3 N–H and O–H groups in total. The summed E-state index contributed by atoms with van der Waals surface area (Å²) in [6, 6.07) is 4.91. The Bertz CT molecular complexity index is 419. The summed E-state index contributed by atoms with van der Waals surface area (Å²) in [6.07, 6.45) is 5.20. The van der Waals surface area contributed by atoms with Gasteiger partial charge in [-0.05, 0) is 37.0 Å². The average molecular weight is 284 g/mol. The van der Waals surface area contributed by atoms with Crippen molar-refractivity contribution in [3.8, 4) is 5.75 Å². The summed E-state index contributed by atoms with van der Waals surface area (Å²) in [5.74, 6) is 0.971. The average Bonchev–Trinajstić information content (AvgIpc) is 2.46. The Morgan fingerprint density at radius 1 is 1.32 bits per heavy atom. The molecule has 19 heavy (non-hydrogen) atoms. The van der Waals surface area contributed by atoms with E-state index in [4.69, 9.17) is 22.1 Å². The maximum Gasteiger partial charge on any atom is 0.123 e. The number of ether oxygens (including phenoxy) is 1. The first-order chi connectivity index (χ1) is 9.13. The van der Waals surface area contributed by atoms with Gasteiger partial charge in [-0.1, -0.05) is 30.9 Å². The minimum absolute atomic E-state index is 0.285. The van der Waals surface area contributed by atoms with Crippen molar-refractivity contribution < 1.29 is 9.84 Å². The van der Waals surface area contributed by atoms with Crippen LogP contribution < -0.4 is 10.5 Å². The number of hydrogen-bond acceptors (Lipinski definition) is 3. The van der Waals surface area contributed by atoms with Gasteiger partial charge in [-0.15, -0.1) is 0 Å². The molecule has 0 bridgehead atoms. The zero-order chi connectivity index (χ0) is 13.8. The Labute approximate surface area is 119 Å². The number of halogens is 1. The maximum absolute atomic E-state index is 10.5. The van der Waals surface area contributed by atoms with Gasteiger partial charge >= 0.3 is 0 Å². The highest BCUT2D eigenvalue weighted by atomic mass is 35.5. The summed E-state index contributed by atoms with van der Waals surface area (Å²) in [7, 11) is 1.60. The van der Waals surface area contributed by atoms with Crippen LogP contribution in [0.2, 0.25) is 5.02 Å². The van der Waals surface area contributed by atoms with E-state index in [2.05, 4.69) is 0 Å².